The number of thioether (sulfide) groups is 1. The van der Waals surface area contributed by atoms with Crippen molar-refractivity contribution < 1.29 is 9.90 Å². The number of nitrogens with zero attached hydrogens (tertiary/aromatic N) is 4. The van der Waals surface area contributed by atoms with Gasteiger partial charge in [-0.25, -0.2) is 4.98 Å². The summed E-state index contributed by atoms with van der Waals surface area (Å²) in [7, 11) is 1.89. The van der Waals surface area contributed by atoms with Crippen molar-refractivity contribution in [2.75, 3.05) is 5.75 Å². The molecule has 7 heteroatoms. The van der Waals surface area contributed by atoms with Crippen molar-refractivity contribution in [2.24, 2.45) is 7.05 Å². The Morgan fingerprint density at radius 3 is 2.95 bits per heavy atom. The summed E-state index contributed by atoms with van der Waals surface area (Å²) in [6.07, 6.45) is 4.65. The molecule has 0 fully saturated rings. The fraction of sp³-hybridized carbons (Fsp3) is 0.417. The Bertz CT molecular complexity index is 576. The Balaban J connectivity index is 2.00. The first-order chi connectivity index (χ1) is 9.04. The van der Waals surface area contributed by atoms with Crippen molar-refractivity contribution >= 4 is 17.7 Å². The molecule has 0 saturated heterocycles. The first-order valence-corrected chi connectivity index (χ1v) is 6.90. The molecule has 6 nitrogen and oxygen atoms in total. The van der Waals surface area contributed by atoms with Crippen LogP contribution in [0.25, 0.3) is 0 Å². The zero-order chi connectivity index (χ0) is 13.8. The Morgan fingerprint density at radius 1 is 1.53 bits per heavy atom. The van der Waals surface area contributed by atoms with Gasteiger partial charge in [0.15, 0.2) is 5.16 Å². The lowest BCUT2D eigenvalue weighted by molar-refractivity contribution is -0.133. The van der Waals surface area contributed by atoms with E-state index in [9.17, 15) is 4.79 Å². The summed E-state index contributed by atoms with van der Waals surface area (Å²) in [6, 6.07) is 1.98. The number of carboxylic acid groups (broad SMARTS) is 1. The zero-order valence-electron chi connectivity index (χ0n) is 10.9. The summed E-state index contributed by atoms with van der Waals surface area (Å²) in [5, 5.41) is 13.8. The molecule has 0 amide bonds. The van der Waals surface area contributed by atoms with E-state index in [1.165, 1.54) is 11.8 Å². The molecule has 1 N–H and O–H groups in total. The van der Waals surface area contributed by atoms with Gasteiger partial charge in [-0.1, -0.05) is 11.8 Å². The van der Waals surface area contributed by atoms with Crippen molar-refractivity contribution in [2.45, 2.75) is 25.0 Å². The van der Waals surface area contributed by atoms with E-state index in [2.05, 4.69) is 10.1 Å². The standard InChI is InChI=1S/C12H16N4O2S/c1-9-7-16(12(13-9)19-8-11(17)18)6-4-10-3-5-15(2)14-10/h3,5,7H,4,6,8H2,1-2H3,(H,17,18). The molecule has 0 unspecified atom stereocenters. The third-order valence-electron chi connectivity index (χ3n) is 2.56. The molecule has 102 valence electrons. The topological polar surface area (TPSA) is 72.9 Å². The Labute approximate surface area is 115 Å². The maximum atomic E-state index is 10.6. The van der Waals surface area contributed by atoms with Crippen molar-refractivity contribution in [3.63, 3.8) is 0 Å². The molecule has 0 aliphatic carbocycles. The van der Waals surface area contributed by atoms with E-state index in [-0.39, 0.29) is 5.75 Å². The fourth-order valence-corrected chi connectivity index (χ4v) is 2.53. The van der Waals surface area contributed by atoms with E-state index < -0.39 is 5.97 Å². The lowest BCUT2D eigenvalue weighted by Gasteiger charge is -2.05. The number of hydrogen-bond acceptors (Lipinski definition) is 4. The number of rotatable bonds is 6. The predicted octanol–water partition coefficient (Wildman–Crippen LogP) is 1.34. The lowest BCUT2D eigenvalue weighted by Crippen LogP contribution is -2.05. The normalized spacial score (nSPS) is 10.8. The lowest BCUT2D eigenvalue weighted by atomic mass is 10.3. The van der Waals surface area contributed by atoms with Crippen LogP contribution in [0.3, 0.4) is 0 Å². The number of imidazole rings is 1. The van der Waals surface area contributed by atoms with Crippen LogP contribution >= 0.6 is 11.8 Å². The molecule has 2 rings (SSSR count). The maximum absolute atomic E-state index is 10.6. The average Bonchev–Trinajstić information content (AvgIpc) is 2.90. The van der Waals surface area contributed by atoms with Gasteiger partial charge >= 0.3 is 5.97 Å². The minimum Gasteiger partial charge on any atom is -0.481 e. The summed E-state index contributed by atoms with van der Waals surface area (Å²) < 4.78 is 3.76. The van der Waals surface area contributed by atoms with Crippen LogP contribution in [0.15, 0.2) is 23.6 Å². The summed E-state index contributed by atoms with van der Waals surface area (Å²) in [5.41, 5.74) is 1.91. The highest BCUT2D eigenvalue weighted by atomic mass is 32.2. The number of hydrogen-bond donors (Lipinski definition) is 1. The quantitative estimate of drug-likeness (QED) is 0.808. The van der Waals surface area contributed by atoms with E-state index in [1.54, 1.807) is 4.68 Å². The molecule has 2 heterocycles. The minimum absolute atomic E-state index is 0.0278. The maximum Gasteiger partial charge on any atom is 0.313 e. The number of aliphatic carboxylic acids is 1. The molecule has 0 saturated carbocycles. The summed E-state index contributed by atoms with van der Waals surface area (Å²) in [6.45, 7) is 2.65. The second-order valence-corrected chi connectivity index (χ2v) is 5.21. The molecular formula is C12H16N4O2S. The molecule has 19 heavy (non-hydrogen) atoms. The number of aromatic nitrogens is 4. The van der Waals surface area contributed by atoms with Crippen LogP contribution in [0.4, 0.5) is 0 Å². The Hall–Kier alpha value is -1.76. The summed E-state index contributed by atoms with van der Waals surface area (Å²) in [5.74, 6) is -0.804. The van der Waals surface area contributed by atoms with Gasteiger partial charge in [-0.05, 0) is 13.0 Å². The van der Waals surface area contributed by atoms with Gasteiger partial charge in [0.25, 0.3) is 0 Å². The molecule has 2 aromatic rings. The molecule has 0 aromatic carbocycles. The molecule has 0 aliphatic heterocycles. The van der Waals surface area contributed by atoms with Gasteiger partial charge in [0.1, 0.15) is 0 Å². The van der Waals surface area contributed by atoms with Crippen molar-refractivity contribution in [3.8, 4) is 0 Å². The highest BCUT2D eigenvalue weighted by Gasteiger charge is 2.09. The van der Waals surface area contributed by atoms with Crippen LogP contribution in [0.1, 0.15) is 11.4 Å². The molecule has 0 radical (unpaired) electrons. The van der Waals surface area contributed by atoms with Gasteiger partial charge in [0.05, 0.1) is 17.1 Å². The van der Waals surface area contributed by atoms with Gasteiger partial charge in [-0.2, -0.15) is 5.10 Å². The van der Waals surface area contributed by atoms with Gasteiger partial charge < -0.3 is 9.67 Å². The summed E-state index contributed by atoms with van der Waals surface area (Å²) >= 11 is 1.24. The first-order valence-electron chi connectivity index (χ1n) is 5.91. The van der Waals surface area contributed by atoms with E-state index in [4.69, 9.17) is 5.11 Å². The van der Waals surface area contributed by atoms with Crippen LogP contribution in [0.5, 0.6) is 0 Å². The third kappa shape index (κ3) is 3.85. The van der Waals surface area contributed by atoms with E-state index in [0.29, 0.717) is 0 Å². The summed E-state index contributed by atoms with van der Waals surface area (Å²) in [4.78, 5) is 14.9. The van der Waals surface area contributed by atoms with Gasteiger partial charge in [-0.3, -0.25) is 9.48 Å². The van der Waals surface area contributed by atoms with Crippen LogP contribution in [0.2, 0.25) is 0 Å². The molecule has 0 spiro atoms. The first kappa shape index (κ1) is 13.7. The number of aryl methyl sites for hydroxylation is 4. The highest BCUT2D eigenvalue weighted by Crippen LogP contribution is 2.17. The molecular weight excluding hydrogens is 264 g/mol. The van der Waals surface area contributed by atoms with Gasteiger partial charge in [-0.15, -0.1) is 0 Å². The zero-order valence-corrected chi connectivity index (χ0v) is 11.7. The van der Waals surface area contributed by atoms with Gasteiger partial charge in [0.2, 0.25) is 0 Å². The van der Waals surface area contributed by atoms with E-state index in [0.717, 1.165) is 29.5 Å². The fourth-order valence-electron chi connectivity index (χ4n) is 1.76. The van der Waals surface area contributed by atoms with E-state index >= 15 is 0 Å². The highest BCUT2D eigenvalue weighted by molar-refractivity contribution is 7.99. The van der Waals surface area contributed by atoms with Crippen LogP contribution < -0.4 is 0 Å². The SMILES string of the molecule is Cc1cn(CCc2ccn(C)n2)c(SCC(=O)O)n1. The van der Waals surface area contributed by atoms with Crippen molar-refractivity contribution in [1.82, 2.24) is 19.3 Å². The smallest absolute Gasteiger partial charge is 0.313 e. The second kappa shape index (κ2) is 5.92. The second-order valence-electron chi connectivity index (χ2n) is 4.27. The Morgan fingerprint density at radius 2 is 2.32 bits per heavy atom. The number of carboxylic acids is 1. The third-order valence-corrected chi connectivity index (χ3v) is 3.54. The molecule has 0 atom stereocenters. The van der Waals surface area contributed by atoms with E-state index in [1.807, 2.05) is 37.0 Å². The molecule has 2 aromatic heterocycles. The van der Waals surface area contributed by atoms with Crippen molar-refractivity contribution in [3.05, 3.63) is 29.8 Å². The van der Waals surface area contributed by atoms with Gasteiger partial charge in [0, 0.05) is 32.4 Å². The molecule has 0 aliphatic rings. The van der Waals surface area contributed by atoms with Crippen LogP contribution in [-0.4, -0.2) is 36.2 Å². The predicted molar refractivity (Wildman–Crippen MR) is 72.2 cm³/mol. The van der Waals surface area contributed by atoms with Crippen LogP contribution in [0, 0.1) is 6.92 Å². The Kier molecular flexibility index (Phi) is 4.26. The monoisotopic (exact) mass is 280 g/mol. The van der Waals surface area contributed by atoms with Crippen LogP contribution in [-0.2, 0) is 24.8 Å². The van der Waals surface area contributed by atoms with Crippen molar-refractivity contribution in [1.29, 1.82) is 0 Å². The molecule has 0 bridgehead atoms. The number of carbonyl (C=O) groups is 1. The largest absolute Gasteiger partial charge is 0.481 e. The average molecular weight is 280 g/mol. The minimum atomic E-state index is -0.832.